The Labute approximate surface area is 128 Å². The highest BCUT2D eigenvalue weighted by Gasteiger charge is 2.26. The molecule has 1 aromatic carbocycles. The second-order valence-corrected chi connectivity index (χ2v) is 5.28. The second-order valence-electron chi connectivity index (χ2n) is 5.28. The van der Waals surface area contributed by atoms with E-state index in [2.05, 4.69) is 10.3 Å². The van der Waals surface area contributed by atoms with Crippen molar-refractivity contribution >= 4 is 5.91 Å². The van der Waals surface area contributed by atoms with Crippen molar-refractivity contribution in [3.63, 3.8) is 0 Å². The first-order chi connectivity index (χ1) is 10.6. The minimum absolute atomic E-state index is 0.114. The molecule has 0 aliphatic carbocycles. The van der Waals surface area contributed by atoms with Crippen molar-refractivity contribution in [2.24, 2.45) is 0 Å². The highest BCUT2D eigenvalue weighted by Crippen LogP contribution is 2.34. The van der Waals surface area contributed by atoms with Gasteiger partial charge in [-0.2, -0.15) is 0 Å². The molecule has 3 rings (SSSR count). The molecule has 0 saturated heterocycles. The average Bonchev–Trinajstić information content (AvgIpc) is 2.85. The van der Waals surface area contributed by atoms with Crippen molar-refractivity contribution in [3.05, 3.63) is 41.1 Å². The zero-order valence-electron chi connectivity index (χ0n) is 12.8. The van der Waals surface area contributed by atoms with Gasteiger partial charge in [0.25, 0.3) is 5.91 Å². The topological polar surface area (TPSA) is 73.6 Å². The Bertz CT molecular complexity index is 708. The lowest BCUT2D eigenvalue weighted by Gasteiger charge is -2.26. The Hall–Kier alpha value is -2.50. The van der Waals surface area contributed by atoms with Gasteiger partial charge in [-0.25, -0.2) is 4.98 Å². The SMILES string of the molecule is COc1cccc2c1OCC(NC(=O)c1oc(C)nc1C)C2. The maximum absolute atomic E-state index is 12.3. The van der Waals surface area contributed by atoms with Gasteiger partial charge in [0, 0.05) is 12.5 Å². The summed E-state index contributed by atoms with van der Waals surface area (Å²) in [6.45, 7) is 3.87. The van der Waals surface area contributed by atoms with Crippen LogP contribution >= 0.6 is 0 Å². The molecule has 1 aliphatic rings. The van der Waals surface area contributed by atoms with E-state index in [1.807, 2.05) is 18.2 Å². The van der Waals surface area contributed by atoms with Gasteiger partial charge >= 0.3 is 0 Å². The minimum Gasteiger partial charge on any atom is -0.493 e. The maximum atomic E-state index is 12.3. The highest BCUT2D eigenvalue weighted by atomic mass is 16.5. The number of nitrogens with one attached hydrogen (secondary N) is 1. The van der Waals surface area contributed by atoms with E-state index in [4.69, 9.17) is 13.9 Å². The zero-order valence-corrected chi connectivity index (χ0v) is 12.8. The number of hydrogen-bond acceptors (Lipinski definition) is 5. The fourth-order valence-electron chi connectivity index (χ4n) is 2.64. The zero-order chi connectivity index (χ0) is 15.7. The lowest BCUT2D eigenvalue weighted by atomic mass is 10.0. The molecule has 116 valence electrons. The van der Waals surface area contributed by atoms with Crippen molar-refractivity contribution in [2.75, 3.05) is 13.7 Å². The third-order valence-corrected chi connectivity index (χ3v) is 3.62. The molecule has 6 heteroatoms. The number of benzene rings is 1. The average molecular weight is 302 g/mol. The third kappa shape index (κ3) is 2.64. The third-order valence-electron chi connectivity index (χ3n) is 3.62. The lowest BCUT2D eigenvalue weighted by molar-refractivity contribution is 0.0884. The van der Waals surface area contributed by atoms with Crippen LogP contribution in [0.25, 0.3) is 0 Å². The van der Waals surface area contributed by atoms with Crippen LogP contribution < -0.4 is 14.8 Å². The molecule has 6 nitrogen and oxygen atoms in total. The molecule has 1 amide bonds. The first-order valence-corrected chi connectivity index (χ1v) is 7.12. The summed E-state index contributed by atoms with van der Waals surface area (Å²) in [5, 5.41) is 2.93. The Kier molecular flexibility index (Phi) is 3.75. The van der Waals surface area contributed by atoms with E-state index in [1.54, 1.807) is 21.0 Å². The van der Waals surface area contributed by atoms with Gasteiger partial charge in [0.05, 0.1) is 18.8 Å². The lowest BCUT2D eigenvalue weighted by Crippen LogP contribution is -2.42. The number of hydrogen-bond donors (Lipinski definition) is 1. The van der Waals surface area contributed by atoms with Crippen molar-refractivity contribution in [3.8, 4) is 11.5 Å². The number of methoxy groups -OCH3 is 1. The van der Waals surface area contributed by atoms with E-state index in [9.17, 15) is 4.79 Å². The van der Waals surface area contributed by atoms with E-state index in [0.29, 0.717) is 30.4 Å². The number of fused-ring (bicyclic) bond motifs is 1. The quantitative estimate of drug-likeness (QED) is 0.939. The Balaban J connectivity index is 1.73. The fraction of sp³-hybridized carbons (Fsp3) is 0.375. The van der Waals surface area contributed by atoms with Crippen molar-refractivity contribution in [1.29, 1.82) is 0 Å². The van der Waals surface area contributed by atoms with Crippen LogP contribution in [0, 0.1) is 13.8 Å². The van der Waals surface area contributed by atoms with Crippen LogP contribution in [0.15, 0.2) is 22.6 Å². The summed E-state index contributed by atoms with van der Waals surface area (Å²) in [6.07, 6.45) is 0.685. The van der Waals surface area contributed by atoms with E-state index < -0.39 is 0 Å². The van der Waals surface area contributed by atoms with Crippen LogP contribution in [0.1, 0.15) is 27.7 Å². The normalized spacial score (nSPS) is 16.6. The van der Waals surface area contributed by atoms with Gasteiger partial charge in [-0.05, 0) is 19.4 Å². The van der Waals surface area contributed by atoms with Gasteiger partial charge in [0.2, 0.25) is 5.76 Å². The standard InChI is InChI=1S/C16H18N2O4/c1-9-14(22-10(2)17-9)16(19)18-12-7-11-5-4-6-13(20-3)15(11)21-8-12/h4-6,12H,7-8H2,1-3H3,(H,18,19). The number of amides is 1. The van der Waals surface area contributed by atoms with E-state index in [0.717, 1.165) is 11.3 Å². The molecular weight excluding hydrogens is 284 g/mol. The van der Waals surface area contributed by atoms with E-state index in [-0.39, 0.29) is 17.7 Å². The maximum Gasteiger partial charge on any atom is 0.289 e. The molecular formula is C16H18N2O4. The largest absolute Gasteiger partial charge is 0.493 e. The fourth-order valence-corrected chi connectivity index (χ4v) is 2.64. The summed E-state index contributed by atoms with van der Waals surface area (Å²) < 4.78 is 16.4. The Morgan fingerprint density at radius 1 is 1.41 bits per heavy atom. The number of oxazole rings is 1. The van der Waals surface area contributed by atoms with Crippen LogP contribution in [0.4, 0.5) is 0 Å². The van der Waals surface area contributed by atoms with Gasteiger partial charge in [0.15, 0.2) is 17.4 Å². The summed E-state index contributed by atoms with van der Waals surface area (Å²) in [6, 6.07) is 5.63. The first-order valence-electron chi connectivity index (χ1n) is 7.12. The Morgan fingerprint density at radius 2 is 2.23 bits per heavy atom. The molecule has 1 N–H and O–H groups in total. The van der Waals surface area contributed by atoms with Gasteiger partial charge in [-0.1, -0.05) is 12.1 Å². The summed E-state index contributed by atoms with van der Waals surface area (Å²) in [4.78, 5) is 16.4. The number of ether oxygens (including phenoxy) is 2. The van der Waals surface area contributed by atoms with E-state index >= 15 is 0 Å². The molecule has 22 heavy (non-hydrogen) atoms. The molecule has 0 bridgehead atoms. The second kappa shape index (κ2) is 5.71. The number of para-hydroxylation sites is 1. The first kappa shape index (κ1) is 14.4. The molecule has 1 aliphatic heterocycles. The number of nitrogens with zero attached hydrogens (tertiary/aromatic N) is 1. The summed E-state index contributed by atoms with van der Waals surface area (Å²) >= 11 is 0. The number of carbonyl (C=O) groups excluding carboxylic acids is 1. The monoisotopic (exact) mass is 302 g/mol. The smallest absolute Gasteiger partial charge is 0.289 e. The summed E-state index contributed by atoms with van der Waals surface area (Å²) in [5.74, 6) is 1.94. The number of rotatable bonds is 3. The highest BCUT2D eigenvalue weighted by molar-refractivity contribution is 5.92. The minimum atomic E-state index is -0.266. The summed E-state index contributed by atoms with van der Waals surface area (Å²) in [7, 11) is 1.61. The summed E-state index contributed by atoms with van der Waals surface area (Å²) in [5.41, 5.74) is 1.61. The van der Waals surface area contributed by atoms with Gasteiger partial charge < -0.3 is 19.2 Å². The molecule has 1 atom stereocenters. The van der Waals surface area contributed by atoms with Gasteiger partial charge in [-0.3, -0.25) is 4.79 Å². The molecule has 0 saturated carbocycles. The number of aryl methyl sites for hydroxylation is 2. The molecule has 2 heterocycles. The molecule has 0 fully saturated rings. The number of carbonyl (C=O) groups is 1. The van der Waals surface area contributed by atoms with Crippen molar-refractivity contribution in [1.82, 2.24) is 10.3 Å². The molecule has 0 spiro atoms. The molecule has 1 unspecified atom stereocenters. The van der Waals surface area contributed by atoms with Crippen LogP contribution in [0.2, 0.25) is 0 Å². The van der Waals surface area contributed by atoms with Gasteiger partial charge in [0.1, 0.15) is 6.61 Å². The van der Waals surface area contributed by atoms with E-state index in [1.165, 1.54) is 0 Å². The van der Waals surface area contributed by atoms with Crippen molar-refractivity contribution < 1.29 is 18.7 Å². The van der Waals surface area contributed by atoms with Crippen molar-refractivity contribution in [2.45, 2.75) is 26.3 Å². The molecule has 0 radical (unpaired) electrons. The molecule has 1 aromatic heterocycles. The Morgan fingerprint density at radius 3 is 2.91 bits per heavy atom. The van der Waals surface area contributed by atoms with Crippen LogP contribution in [-0.4, -0.2) is 30.6 Å². The van der Waals surface area contributed by atoms with Crippen LogP contribution in [-0.2, 0) is 6.42 Å². The number of aromatic nitrogens is 1. The predicted octanol–water partition coefficient (Wildman–Crippen LogP) is 2.03. The predicted molar refractivity (Wildman–Crippen MR) is 79.4 cm³/mol. The van der Waals surface area contributed by atoms with Gasteiger partial charge in [-0.15, -0.1) is 0 Å². The molecule has 2 aromatic rings. The van der Waals surface area contributed by atoms with Crippen LogP contribution in [0.3, 0.4) is 0 Å². The van der Waals surface area contributed by atoms with Crippen LogP contribution in [0.5, 0.6) is 11.5 Å².